The number of ether oxygens (including phenoxy) is 1. The molecule has 20 heavy (non-hydrogen) atoms. The summed E-state index contributed by atoms with van der Waals surface area (Å²) in [6.07, 6.45) is 0.509. The van der Waals surface area contributed by atoms with Gasteiger partial charge in [0, 0.05) is 25.0 Å². The van der Waals surface area contributed by atoms with Crippen LogP contribution in [0, 0.1) is 0 Å². The Morgan fingerprint density at radius 2 is 1.80 bits per heavy atom. The monoisotopic (exact) mass is 278 g/mol. The first-order chi connectivity index (χ1) is 9.53. The zero-order valence-corrected chi connectivity index (χ0v) is 11.2. The molecule has 108 valence electrons. The predicted molar refractivity (Wildman–Crippen MR) is 75.5 cm³/mol. The Morgan fingerprint density at radius 3 is 2.30 bits per heavy atom. The van der Waals surface area contributed by atoms with Crippen molar-refractivity contribution in [2.75, 3.05) is 30.9 Å². The van der Waals surface area contributed by atoms with E-state index < -0.39 is 5.54 Å². The molecule has 1 atom stereocenters. The Balaban J connectivity index is 1.96. The molecule has 0 spiro atoms. The SMILES string of the molecule is CNC(=O)Nc1ccc(NC(=O)C2(N)CCOC2)cc1. The van der Waals surface area contributed by atoms with Crippen molar-refractivity contribution in [3.05, 3.63) is 24.3 Å². The summed E-state index contributed by atoms with van der Waals surface area (Å²) in [5.41, 5.74) is 6.26. The number of amides is 3. The molecule has 7 nitrogen and oxygen atoms in total. The van der Waals surface area contributed by atoms with E-state index in [0.717, 1.165) is 0 Å². The molecule has 1 aliphatic rings. The Kier molecular flexibility index (Phi) is 4.21. The highest BCUT2D eigenvalue weighted by atomic mass is 16.5. The van der Waals surface area contributed by atoms with Gasteiger partial charge in [-0.15, -0.1) is 0 Å². The van der Waals surface area contributed by atoms with Gasteiger partial charge in [-0.05, 0) is 30.7 Å². The fourth-order valence-electron chi connectivity index (χ4n) is 1.85. The van der Waals surface area contributed by atoms with Crippen molar-refractivity contribution in [2.24, 2.45) is 5.73 Å². The minimum Gasteiger partial charge on any atom is -0.379 e. The number of urea groups is 1. The van der Waals surface area contributed by atoms with Gasteiger partial charge in [0.15, 0.2) is 0 Å². The van der Waals surface area contributed by atoms with Gasteiger partial charge >= 0.3 is 6.03 Å². The molecule has 0 radical (unpaired) electrons. The summed E-state index contributed by atoms with van der Waals surface area (Å²) in [4.78, 5) is 23.2. The third-order valence-corrected chi connectivity index (χ3v) is 3.13. The van der Waals surface area contributed by atoms with Crippen molar-refractivity contribution in [3.63, 3.8) is 0 Å². The van der Waals surface area contributed by atoms with Crippen LogP contribution in [-0.2, 0) is 9.53 Å². The van der Waals surface area contributed by atoms with Gasteiger partial charge < -0.3 is 26.4 Å². The molecule has 1 saturated heterocycles. The Labute approximate surface area is 116 Å². The maximum atomic E-state index is 12.0. The molecule has 0 aliphatic carbocycles. The smallest absolute Gasteiger partial charge is 0.318 e. The van der Waals surface area contributed by atoms with Crippen molar-refractivity contribution in [1.29, 1.82) is 0 Å². The zero-order valence-electron chi connectivity index (χ0n) is 11.2. The van der Waals surface area contributed by atoms with E-state index in [1.807, 2.05) is 0 Å². The minimum absolute atomic E-state index is 0.231. The van der Waals surface area contributed by atoms with Crippen LogP contribution in [0.5, 0.6) is 0 Å². The van der Waals surface area contributed by atoms with Gasteiger partial charge in [-0.1, -0.05) is 0 Å². The van der Waals surface area contributed by atoms with Gasteiger partial charge in [0.1, 0.15) is 5.54 Å². The van der Waals surface area contributed by atoms with Crippen molar-refractivity contribution < 1.29 is 14.3 Å². The molecule has 0 saturated carbocycles. The molecule has 0 aromatic heterocycles. The first-order valence-electron chi connectivity index (χ1n) is 6.30. The minimum atomic E-state index is -0.959. The highest BCUT2D eigenvalue weighted by molar-refractivity contribution is 5.98. The van der Waals surface area contributed by atoms with Crippen molar-refractivity contribution in [1.82, 2.24) is 5.32 Å². The molecule has 1 aromatic rings. The number of nitrogens with two attached hydrogens (primary N) is 1. The van der Waals surface area contributed by atoms with E-state index in [-0.39, 0.29) is 18.5 Å². The summed E-state index contributed by atoms with van der Waals surface area (Å²) in [6, 6.07) is 6.48. The lowest BCUT2D eigenvalue weighted by molar-refractivity contribution is -0.121. The number of hydrogen-bond acceptors (Lipinski definition) is 4. The molecule has 1 aliphatic heterocycles. The largest absolute Gasteiger partial charge is 0.379 e. The lowest BCUT2D eigenvalue weighted by Crippen LogP contribution is -2.51. The molecule has 1 unspecified atom stereocenters. The van der Waals surface area contributed by atoms with E-state index >= 15 is 0 Å². The van der Waals surface area contributed by atoms with E-state index in [4.69, 9.17) is 10.5 Å². The lowest BCUT2D eigenvalue weighted by atomic mass is 9.99. The molecule has 1 heterocycles. The first-order valence-corrected chi connectivity index (χ1v) is 6.30. The second-order valence-corrected chi connectivity index (χ2v) is 4.69. The Hall–Kier alpha value is -2.12. The normalized spacial score (nSPS) is 21.3. The van der Waals surface area contributed by atoms with Crippen LogP contribution in [0.4, 0.5) is 16.2 Å². The van der Waals surface area contributed by atoms with E-state index in [1.54, 1.807) is 24.3 Å². The van der Waals surface area contributed by atoms with Crippen LogP contribution in [0.25, 0.3) is 0 Å². The Morgan fingerprint density at radius 1 is 1.20 bits per heavy atom. The van der Waals surface area contributed by atoms with Crippen LogP contribution >= 0.6 is 0 Å². The number of anilines is 2. The molecule has 2 rings (SSSR count). The van der Waals surface area contributed by atoms with Crippen molar-refractivity contribution in [2.45, 2.75) is 12.0 Å². The summed E-state index contributed by atoms with van der Waals surface area (Å²) in [5.74, 6) is -0.262. The van der Waals surface area contributed by atoms with Gasteiger partial charge in [-0.3, -0.25) is 4.79 Å². The molecule has 5 N–H and O–H groups in total. The van der Waals surface area contributed by atoms with E-state index in [2.05, 4.69) is 16.0 Å². The average Bonchev–Trinajstić information content (AvgIpc) is 2.89. The molecule has 7 heteroatoms. The average molecular weight is 278 g/mol. The van der Waals surface area contributed by atoms with Gasteiger partial charge in [0.2, 0.25) is 5.91 Å². The molecular formula is C13H18N4O3. The highest BCUT2D eigenvalue weighted by Gasteiger charge is 2.38. The summed E-state index contributed by atoms with van der Waals surface area (Å²) in [6.45, 7) is 0.730. The van der Waals surface area contributed by atoms with Gasteiger partial charge in [0.05, 0.1) is 6.61 Å². The summed E-state index contributed by atoms with van der Waals surface area (Å²) in [5, 5.41) is 7.83. The Bertz CT molecular complexity index is 495. The number of nitrogens with one attached hydrogen (secondary N) is 3. The number of carbonyl (C=O) groups excluding carboxylic acids is 2. The van der Waals surface area contributed by atoms with Crippen LogP contribution in [0.15, 0.2) is 24.3 Å². The zero-order chi connectivity index (χ0) is 14.6. The number of benzene rings is 1. The van der Waals surface area contributed by atoms with Crippen molar-refractivity contribution >= 4 is 23.3 Å². The summed E-state index contributed by atoms with van der Waals surface area (Å²) >= 11 is 0. The summed E-state index contributed by atoms with van der Waals surface area (Å²) in [7, 11) is 1.54. The molecular weight excluding hydrogens is 260 g/mol. The van der Waals surface area contributed by atoms with Crippen molar-refractivity contribution in [3.8, 4) is 0 Å². The topological polar surface area (TPSA) is 105 Å². The van der Waals surface area contributed by atoms with Gasteiger partial charge in [-0.2, -0.15) is 0 Å². The van der Waals surface area contributed by atoms with Crippen LogP contribution < -0.4 is 21.7 Å². The second-order valence-electron chi connectivity index (χ2n) is 4.69. The fourth-order valence-corrected chi connectivity index (χ4v) is 1.85. The third-order valence-electron chi connectivity index (χ3n) is 3.13. The maximum Gasteiger partial charge on any atom is 0.318 e. The van der Waals surface area contributed by atoms with Gasteiger partial charge in [-0.25, -0.2) is 4.79 Å². The van der Waals surface area contributed by atoms with Crippen LogP contribution in [-0.4, -0.2) is 37.7 Å². The molecule has 1 aromatic carbocycles. The van der Waals surface area contributed by atoms with E-state index in [9.17, 15) is 9.59 Å². The molecule has 0 bridgehead atoms. The van der Waals surface area contributed by atoms with E-state index in [0.29, 0.717) is 24.4 Å². The second kappa shape index (κ2) is 5.89. The fraction of sp³-hybridized carbons (Fsp3) is 0.385. The maximum absolute atomic E-state index is 12.0. The standard InChI is InChI=1S/C13H18N4O3/c1-15-12(19)17-10-4-2-9(3-5-10)16-11(18)13(14)6-7-20-8-13/h2-5H,6-8,14H2,1H3,(H,16,18)(H2,15,17,19). The predicted octanol–water partition coefficient (Wildman–Crippen LogP) is 0.494. The highest BCUT2D eigenvalue weighted by Crippen LogP contribution is 2.19. The molecule has 1 fully saturated rings. The number of hydrogen-bond donors (Lipinski definition) is 4. The lowest BCUT2D eigenvalue weighted by Gasteiger charge is -2.20. The third kappa shape index (κ3) is 3.25. The van der Waals surface area contributed by atoms with Gasteiger partial charge in [0.25, 0.3) is 0 Å². The number of rotatable bonds is 3. The summed E-state index contributed by atoms with van der Waals surface area (Å²) < 4.78 is 5.15. The quantitative estimate of drug-likeness (QED) is 0.646. The first kappa shape index (κ1) is 14.3. The van der Waals surface area contributed by atoms with Crippen LogP contribution in [0.1, 0.15) is 6.42 Å². The molecule has 3 amide bonds. The number of carbonyl (C=O) groups is 2. The van der Waals surface area contributed by atoms with Crippen LogP contribution in [0.2, 0.25) is 0 Å². The van der Waals surface area contributed by atoms with Crippen LogP contribution in [0.3, 0.4) is 0 Å². The van der Waals surface area contributed by atoms with E-state index in [1.165, 1.54) is 7.05 Å².